The van der Waals surface area contributed by atoms with Crippen molar-refractivity contribution in [1.82, 2.24) is 4.90 Å². The van der Waals surface area contributed by atoms with E-state index in [0.29, 0.717) is 17.9 Å². The number of nitrogens with zero attached hydrogens (tertiary/aromatic N) is 1. The Bertz CT molecular complexity index is 309. The fraction of sp³-hybridized carbons (Fsp3) is 0.917. The topological polar surface area (TPSA) is 29.5 Å². The van der Waals surface area contributed by atoms with E-state index in [2.05, 4.69) is 6.92 Å². The highest BCUT2D eigenvalue weighted by atomic mass is 16.5. The van der Waals surface area contributed by atoms with Gasteiger partial charge in [0.15, 0.2) is 0 Å². The van der Waals surface area contributed by atoms with Crippen LogP contribution in [0.25, 0.3) is 0 Å². The molecular formula is C12H19NO2. The Kier molecular flexibility index (Phi) is 1.77. The van der Waals surface area contributed by atoms with Gasteiger partial charge in [-0.3, -0.25) is 4.79 Å². The average Bonchev–Trinajstić information content (AvgIpc) is 2.88. The van der Waals surface area contributed by atoms with E-state index in [1.165, 1.54) is 12.8 Å². The van der Waals surface area contributed by atoms with Crippen molar-refractivity contribution in [1.29, 1.82) is 0 Å². The molecule has 0 aromatic rings. The summed E-state index contributed by atoms with van der Waals surface area (Å²) in [6.45, 7) is 6.85. The van der Waals surface area contributed by atoms with Gasteiger partial charge in [-0.1, -0.05) is 6.92 Å². The van der Waals surface area contributed by atoms with Crippen LogP contribution in [-0.2, 0) is 9.53 Å². The van der Waals surface area contributed by atoms with Gasteiger partial charge in [0.2, 0.25) is 5.91 Å². The van der Waals surface area contributed by atoms with E-state index in [-0.39, 0.29) is 11.6 Å². The average molecular weight is 209 g/mol. The Morgan fingerprint density at radius 2 is 2.07 bits per heavy atom. The van der Waals surface area contributed by atoms with E-state index in [9.17, 15) is 4.79 Å². The number of carbonyl (C=O) groups excluding carboxylic acids is 1. The molecule has 3 aliphatic rings. The minimum absolute atomic E-state index is 0.214. The standard InChI is InChI=1S/C12H19NO2/c1-7-10(8-4-5-8)9-6-15-12(2,3)13(9)11(7)14/h7-10H,4-6H2,1-3H3/t7?,9-,10+/m1/s1. The first-order valence-electron chi connectivity index (χ1n) is 5.99. The molecular weight excluding hydrogens is 190 g/mol. The van der Waals surface area contributed by atoms with Crippen molar-refractivity contribution >= 4 is 5.91 Å². The van der Waals surface area contributed by atoms with Crippen LogP contribution in [0.1, 0.15) is 33.6 Å². The summed E-state index contributed by atoms with van der Waals surface area (Å²) >= 11 is 0. The zero-order chi connectivity index (χ0) is 10.8. The summed E-state index contributed by atoms with van der Waals surface area (Å²) in [6.07, 6.45) is 2.63. The zero-order valence-corrected chi connectivity index (χ0v) is 9.69. The van der Waals surface area contributed by atoms with Gasteiger partial charge in [-0.2, -0.15) is 0 Å². The van der Waals surface area contributed by atoms with E-state index in [1.54, 1.807) is 0 Å². The third-order valence-electron chi connectivity index (χ3n) is 4.33. The van der Waals surface area contributed by atoms with Gasteiger partial charge >= 0.3 is 0 Å². The van der Waals surface area contributed by atoms with Crippen LogP contribution in [0.2, 0.25) is 0 Å². The van der Waals surface area contributed by atoms with Crippen LogP contribution in [0.5, 0.6) is 0 Å². The molecule has 1 aliphatic carbocycles. The van der Waals surface area contributed by atoms with E-state index in [0.717, 1.165) is 12.5 Å². The predicted molar refractivity (Wildman–Crippen MR) is 56.0 cm³/mol. The Hall–Kier alpha value is -0.570. The number of ether oxygens (including phenoxy) is 1. The van der Waals surface area contributed by atoms with Gasteiger partial charge in [-0.15, -0.1) is 0 Å². The van der Waals surface area contributed by atoms with Crippen molar-refractivity contribution in [2.45, 2.75) is 45.4 Å². The molecule has 0 radical (unpaired) electrons. The van der Waals surface area contributed by atoms with Gasteiger partial charge in [0.1, 0.15) is 5.72 Å². The molecule has 3 atom stereocenters. The molecule has 2 heterocycles. The summed E-state index contributed by atoms with van der Waals surface area (Å²) in [4.78, 5) is 14.2. The van der Waals surface area contributed by atoms with E-state index < -0.39 is 0 Å². The number of hydrogen-bond donors (Lipinski definition) is 0. The number of hydrogen-bond acceptors (Lipinski definition) is 2. The van der Waals surface area contributed by atoms with E-state index in [1.807, 2.05) is 18.7 Å². The molecule has 1 saturated carbocycles. The first-order valence-corrected chi connectivity index (χ1v) is 5.99. The van der Waals surface area contributed by atoms with Gasteiger partial charge in [0.05, 0.1) is 12.6 Å². The van der Waals surface area contributed by atoms with Crippen LogP contribution in [0, 0.1) is 17.8 Å². The van der Waals surface area contributed by atoms with E-state index >= 15 is 0 Å². The zero-order valence-electron chi connectivity index (χ0n) is 9.69. The molecule has 1 unspecified atom stereocenters. The lowest BCUT2D eigenvalue weighted by molar-refractivity contribution is -0.144. The lowest BCUT2D eigenvalue weighted by Crippen LogP contribution is -2.44. The van der Waals surface area contributed by atoms with Gasteiger partial charge in [0.25, 0.3) is 0 Å². The van der Waals surface area contributed by atoms with Crippen LogP contribution in [-0.4, -0.2) is 29.2 Å². The fourth-order valence-electron chi connectivity index (χ4n) is 3.47. The molecule has 84 valence electrons. The summed E-state index contributed by atoms with van der Waals surface area (Å²) in [5.41, 5.74) is -0.375. The Balaban J connectivity index is 1.93. The molecule has 0 N–H and O–H groups in total. The lowest BCUT2D eigenvalue weighted by atomic mass is 9.87. The summed E-state index contributed by atoms with van der Waals surface area (Å²) < 4.78 is 5.74. The summed E-state index contributed by atoms with van der Waals surface area (Å²) in [5.74, 6) is 1.86. The fourth-order valence-corrected chi connectivity index (χ4v) is 3.47. The van der Waals surface area contributed by atoms with Crippen molar-refractivity contribution < 1.29 is 9.53 Å². The maximum Gasteiger partial charge on any atom is 0.228 e. The summed E-state index contributed by atoms with van der Waals surface area (Å²) in [6, 6.07) is 0.356. The second kappa shape index (κ2) is 2.76. The second-order valence-corrected chi connectivity index (χ2v) is 5.74. The van der Waals surface area contributed by atoms with Crippen LogP contribution >= 0.6 is 0 Å². The van der Waals surface area contributed by atoms with Crippen molar-refractivity contribution in [3.63, 3.8) is 0 Å². The van der Waals surface area contributed by atoms with Crippen molar-refractivity contribution in [3.8, 4) is 0 Å². The largest absolute Gasteiger partial charge is 0.354 e. The molecule has 0 aromatic heterocycles. The third kappa shape index (κ3) is 1.19. The van der Waals surface area contributed by atoms with Crippen LogP contribution in [0.15, 0.2) is 0 Å². The number of carbonyl (C=O) groups is 1. The highest BCUT2D eigenvalue weighted by Crippen LogP contribution is 2.51. The molecule has 3 heteroatoms. The maximum absolute atomic E-state index is 12.2. The molecule has 2 saturated heterocycles. The summed E-state index contributed by atoms with van der Waals surface area (Å²) in [7, 11) is 0. The Morgan fingerprint density at radius 1 is 1.40 bits per heavy atom. The van der Waals surface area contributed by atoms with Crippen molar-refractivity contribution in [2.75, 3.05) is 6.61 Å². The van der Waals surface area contributed by atoms with E-state index in [4.69, 9.17) is 4.74 Å². The SMILES string of the molecule is CC1C(=O)N2[C@H](COC2(C)C)[C@@H]1C1CC1. The van der Waals surface area contributed by atoms with Crippen molar-refractivity contribution in [2.24, 2.45) is 17.8 Å². The first-order chi connectivity index (χ1) is 7.02. The van der Waals surface area contributed by atoms with Gasteiger partial charge in [-0.25, -0.2) is 0 Å². The van der Waals surface area contributed by atoms with Gasteiger partial charge in [0, 0.05) is 5.92 Å². The highest BCUT2D eigenvalue weighted by Gasteiger charge is 2.58. The first kappa shape index (κ1) is 9.64. The Morgan fingerprint density at radius 3 is 2.67 bits per heavy atom. The summed E-state index contributed by atoms with van der Waals surface area (Å²) in [5, 5.41) is 0. The smallest absolute Gasteiger partial charge is 0.228 e. The quantitative estimate of drug-likeness (QED) is 0.657. The Labute approximate surface area is 90.8 Å². The molecule has 15 heavy (non-hydrogen) atoms. The molecule has 3 fully saturated rings. The maximum atomic E-state index is 12.2. The monoisotopic (exact) mass is 209 g/mol. The molecule has 1 amide bonds. The molecule has 2 aliphatic heterocycles. The van der Waals surface area contributed by atoms with Gasteiger partial charge in [-0.05, 0) is 38.5 Å². The molecule has 3 nitrogen and oxygen atoms in total. The number of fused-ring (bicyclic) bond motifs is 1. The van der Waals surface area contributed by atoms with Crippen LogP contribution < -0.4 is 0 Å². The van der Waals surface area contributed by atoms with Crippen molar-refractivity contribution in [3.05, 3.63) is 0 Å². The minimum atomic E-state index is -0.375. The second-order valence-electron chi connectivity index (χ2n) is 5.74. The normalized spacial score (nSPS) is 43.5. The number of amides is 1. The molecule has 3 rings (SSSR count). The minimum Gasteiger partial charge on any atom is -0.354 e. The lowest BCUT2D eigenvalue weighted by Gasteiger charge is -2.29. The number of rotatable bonds is 1. The molecule has 0 bridgehead atoms. The molecule has 0 aromatic carbocycles. The predicted octanol–water partition coefficient (Wildman–Crippen LogP) is 1.63. The van der Waals surface area contributed by atoms with Gasteiger partial charge < -0.3 is 9.64 Å². The third-order valence-corrected chi connectivity index (χ3v) is 4.33. The van der Waals surface area contributed by atoms with Crippen LogP contribution in [0.3, 0.4) is 0 Å². The highest BCUT2D eigenvalue weighted by molar-refractivity contribution is 5.82. The molecule has 0 spiro atoms. The van der Waals surface area contributed by atoms with Crippen LogP contribution in [0.4, 0.5) is 0 Å².